The van der Waals surface area contributed by atoms with Gasteiger partial charge in [0.2, 0.25) is 0 Å². The molecule has 2 rings (SSSR count). The van der Waals surface area contributed by atoms with Gasteiger partial charge in [-0.3, -0.25) is 0 Å². The number of hydrogen-bond acceptors (Lipinski definition) is 8. The van der Waals surface area contributed by atoms with E-state index in [0.29, 0.717) is 12.8 Å². The van der Waals surface area contributed by atoms with E-state index >= 15 is 0 Å². The smallest absolute Gasteiger partial charge is 0.410 e. The normalized spacial score (nSPS) is 26.9. The SMILES string of the molecule is CC(C)(C)OC(=O)N1C[C@H](O)C=C[C@H](O)C1.CC(C)(C)OC(=O)N1C[C@H](O)CC[C@H](O)C1. The summed E-state index contributed by atoms with van der Waals surface area (Å²) in [6, 6.07) is 0. The zero-order chi connectivity index (χ0) is 24.7. The summed E-state index contributed by atoms with van der Waals surface area (Å²) in [5, 5.41) is 38.1. The van der Waals surface area contributed by atoms with Crippen LogP contribution >= 0.6 is 0 Å². The Bertz CT molecular complexity index is 589. The minimum atomic E-state index is -0.760. The van der Waals surface area contributed by atoms with Crippen molar-refractivity contribution in [2.45, 2.75) is 90.0 Å². The Hall–Kier alpha value is -1.88. The lowest BCUT2D eigenvalue weighted by Gasteiger charge is -2.27. The Labute approximate surface area is 190 Å². The van der Waals surface area contributed by atoms with Crippen molar-refractivity contribution in [1.29, 1.82) is 0 Å². The molecule has 0 bridgehead atoms. The van der Waals surface area contributed by atoms with Crippen molar-refractivity contribution in [2.24, 2.45) is 0 Å². The van der Waals surface area contributed by atoms with Crippen LogP contribution in [0.4, 0.5) is 9.59 Å². The highest BCUT2D eigenvalue weighted by Crippen LogP contribution is 2.16. The minimum Gasteiger partial charge on any atom is -0.444 e. The van der Waals surface area contributed by atoms with Crippen molar-refractivity contribution in [1.82, 2.24) is 9.80 Å². The number of β-amino-alcohol motifs (C(OH)–C–C–N with tert-alkyl or cyclic N) is 4. The number of carbonyl (C=O) groups excluding carboxylic acids is 2. The maximum absolute atomic E-state index is 11.7. The summed E-state index contributed by atoms with van der Waals surface area (Å²) in [6.45, 7) is 11.4. The van der Waals surface area contributed by atoms with Gasteiger partial charge in [-0.05, 0) is 54.4 Å². The van der Waals surface area contributed by atoms with Gasteiger partial charge in [0.1, 0.15) is 11.2 Å². The summed E-state index contributed by atoms with van der Waals surface area (Å²) >= 11 is 0. The lowest BCUT2D eigenvalue weighted by molar-refractivity contribution is 0.0110. The van der Waals surface area contributed by atoms with Gasteiger partial charge < -0.3 is 39.7 Å². The molecule has 0 radical (unpaired) electrons. The summed E-state index contributed by atoms with van der Waals surface area (Å²) in [4.78, 5) is 26.1. The Balaban J connectivity index is 0.000000320. The number of likely N-dealkylation sites (tertiary alicyclic amines) is 1. The second-order valence-electron chi connectivity index (χ2n) is 10.2. The van der Waals surface area contributed by atoms with Crippen LogP contribution in [0.1, 0.15) is 54.4 Å². The first kappa shape index (κ1) is 28.2. The molecule has 186 valence electrons. The maximum Gasteiger partial charge on any atom is 0.410 e. The Kier molecular flexibility index (Phi) is 10.4. The topological polar surface area (TPSA) is 140 Å². The highest BCUT2D eigenvalue weighted by molar-refractivity contribution is 5.68. The second-order valence-corrected chi connectivity index (χ2v) is 10.2. The van der Waals surface area contributed by atoms with E-state index < -0.39 is 47.8 Å². The zero-order valence-corrected chi connectivity index (χ0v) is 20.0. The van der Waals surface area contributed by atoms with Crippen LogP contribution in [0.3, 0.4) is 0 Å². The van der Waals surface area contributed by atoms with E-state index in [1.807, 2.05) is 0 Å². The molecule has 10 heteroatoms. The molecular formula is C22H40N2O8. The van der Waals surface area contributed by atoms with Crippen molar-refractivity contribution in [3.8, 4) is 0 Å². The number of ether oxygens (including phenoxy) is 2. The Morgan fingerprint density at radius 2 is 1.00 bits per heavy atom. The van der Waals surface area contributed by atoms with Gasteiger partial charge in [-0.2, -0.15) is 0 Å². The highest BCUT2D eigenvalue weighted by Gasteiger charge is 2.29. The van der Waals surface area contributed by atoms with E-state index in [2.05, 4.69) is 0 Å². The molecule has 2 aliphatic rings. The van der Waals surface area contributed by atoms with Crippen LogP contribution < -0.4 is 0 Å². The third-order valence-corrected chi connectivity index (χ3v) is 4.37. The minimum absolute atomic E-state index is 0.141. The molecule has 4 atom stereocenters. The number of aliphatic hydroxyl groups excluding tert-OH is 4. The fourth-order valence-electron chi connectivity index (χ4n) is 3.01. The monoisotopic (exact) mass is 460 g/mol. The van der Waals surface area contributed by atoms with E-state index in [-0.39, 0.29) is 26.2 Å². The van der Waals surface area contributed by atoms with Gasteiger partial charge in [-0.1, -0.05) is 12.2 Å². The molecular weight excluding hydrogens is 420 g/mol. The molecule has 10 nitrogen and oxygen atoms in total. The molecule has 2 aliphatic heterocycles. The van der Waals surface area contributed by atoms with E-state index in [1.165, 1.54) is 22.0 Å². The molecule has 0 aliphatic carbocycles. The van der Waals surface area contributed by atoms with Crippen LogP contribution in [0, 0.1) is 0 Å². The first-order chi connectivity index (χ1) is 14.6. The number of rotatable bonds is 0. The Morgan fingerprint density at radius 1 is 0.688 bits per heavy atom. The lowest BCUT2D eigenvalue weighted by Crippen LogP contribution is -2.42. The van der Waals surface area contributed by atoms with E-state index in [9.17, 15) is 30.0 Å². The Morgan fingerprint density at radius 3 is 1.31 bits per heavy atom. The highest BCUT2D eigenvalue weighted by atomic mass is 16.6. The number of aliphatic hydroxyl groups is 4. The molecule has 4 N–H and O–H groups in total. The van der Waals surface area contributed by atoms with Crippen LogP contribution in [0.25, 0.3) is 0 Å². The molecule has 0 spiro atoms. The number of carbonyl (C=O) groups is 2. The first-order valence-electron chi connectivity index (χ1n) is 10.9. The van der Waals surface area contributed by atoms with Crippen molar-refractivity contribution in [3.63, 3.8) is 0 Å². The fourth-order valence-corrected chi connectivity index (χ4v) is 3.01. The van der Waals surface area contributed by atoms with Gasteiger partial charge in [0.15, 0.2) is 0 Å². The predicted molar refractivity (Wildman–Crippen MR) is 118 cm³/mol. The average molecular weight is 461 g/mol. The predicted octanol–water partition coefficient (Wildman–Crippen LogP) is 1.25. The standard InChI is InChI=1S/C11H21NO4.C11H19NO4/c2*1-11(2,3)16-10(15)12-6-8(13)4-5-9(14)7-12/h8-9,13-14H,4-7H2,1-3H3;4-5,8-9,13-14H,6-7H2,1-3H3/t2*8-,9+. The van der Waals surface area contributed by atoms with E-state index in [4.69, 9.17) is 9.47 Å². The van der Waals surface area contributed by atoms with Gasteiger partial charge in [0.05, 0.1) is 50.6 Å². The molecule has 1 fully saturated rings. The van der Waals surface area contributed by atoms with Crippen molar-refractivity contribution < 1.29 is 39.5 Å². The van der Waals surface area contributed by atoms with Crippen molar-refractivity contribution in [3.05, 3.63) is 12.2 Å². The van der Waals surface area contributed by atoms with Crippen LogP contribution in [0.15, 0.2) is 12.2 Å². The van der Waals surface area contributed by atoms with Gasteiger partial charge in [0.25, 0.3) is 0 Å². The van der Waals surface area contributed by atoms with Gasteiger partial charge in [0, 0.05) is 0 Å². The average Bonchev–Trinajstić information content (AvgIpc) is 2.88. The van der Waals surface area contributed by atoms with Crippen LogP contribution in [-0.4, -0.2) is 104 Å². The molecule has 1 saturated heterocycles. The van der Waals surface area contributed by atoms with Crippen LogP contribution in [-0.2, 0) is 9.47 Å². The molecule has 2 heterocycles. The largest absolute Gasteiger partial charge is 0.444 e. The molecule has 0 aromatic rings. The number of nitrogens with zero attached hydrogens (tertiary/aromatic N) is 2. The quantitative estimate of drug-likeness (QED) is 0.396. The van der Waals surface area contributed by atoms with Gasteiger partial charge in [-0.25, -0.2) is 9.59 Å². The summed E-state index contributed by atoms with van der Waals surface area (Å²) in [5.41, 5.74) is -1.13. The van der Waals surface area contributed by atoms with Crippen LogP contribution in [0.5, 0.6) is 0 Å². The second kappa shape index (κ2) is 11.8. The summed E-state index contributed by atoms with van der Waals surface area (Å²) in [6.07, 6.45) is 0.316. The summed E-state index contributed by atoms with van der Waals surface area (Å²) in [7, 11) is 0. The molecule has 0 aromatic heterocycles. The molecule has 32 heavy (non-hydrogen) atoms. The first-order valence-corrected chi connectivity index (χ1v) is 10.9. The fraction of sp³-hybridized carbons (Fsp3) is 0.818. The van der Waals surface area contributed by atoms with E-state index in [1.54, 1.807) is 41.5 Å². The van der Waals surface area contributed by atoms with Gasteiger partial charge in [-0.15, -0.1) is 0 Å². The number of hydrogen-bond donors (Lipinski definition) is 4. The maximum atomic E-state index is 11.7. The number of amides is 2. The van der Waals surface area contributed by atoms with Gasteiger partial charge >= 0.3 is 12.2 Å². The zero-order valence-electron chi connectivity index (χ0n) is 20.0. The summed E-state index contributed by atoms with van der Waals surface area (Å²) < 4.78 is 10.4. The van der Waals surface area contributed by atoms with Crippen molar-refractivity contribution in [2.75, 3.05) is 26.2 Å². The molecule has 0 aromatic carbocycles. The van der Waals surface area contributed by atoms with Crippen LogP contribution in [0.2, 0.25) is 0 Å². The summed E-state index contributed by atoms with van der Waals surface area (Å²) in [5.74, 6) is 0. The third-order valence-electron chi connectivity index (χ3n) is 4.37. The van der Waals surface area contributed by atoms with E-state index in [0.717, 1.165) is 0 Å². The molecule has 2 amide bonds. The van der Waals surface area contributed by atoms with Crippen molar-refractivity contribution >= 4 is 12.2 Å². The molecule has 0 unspecified atom stereocenters. The third kappa shape index (κ3) is 11.7. The molecule has 0 saturated carbocycles. The lowest BCUT2D eigenvalue weighted by atomic mass is 10.1.